The van der Waals surface area contributed by atoms with Crippen molar-refractivity contribution in [3.63, 3.8) is 0 Å². The SMILES string of the molecule is NC1CCCc2c(CO)cc(O)cc21. The predicted molar refractivity (Wildman–Crippen MR) is 53.9 cm³/mol. The first-order valence-corrected chi connectivity index (χ1v) is 4.93. The average molecular weight is 193 g/mol. The molecule has 1 atom stereocenters. The summed E-state index contributed by atoms with van der Waals surface area (Å²) in [4.78, 5) is 0. The van der Waals surface area contributed by atoms with Crippen molar-refractivity contribution in [1.82, 2.24) is 0 Å². The van der Waals surface area contributed by atoms with Crippen LogP contribution in [0.4, 0.5) is 0 Å². The Balaban J connectivity index is 2.54. The van der Waals surface area contributed by atoms with Crippen molar-refractivity contribution in [1.29, 1.82) is 0 Å². The van der Waals surface area contributed by atoms with Crippen LogP contribution in [0.15, 0.2) is 12.1 Å². The lowest BCUT2D eigenvalue weighted by Gasteiger charge is -2.24. The smallest absolute Gasteiger partial charge is 0.116 e. The molecule has 0 bridgehead atoms. The van der Waals surface area contributed by atoms with Crippen LogP contribution in [0.2, 0.25) is 0 Å². The van der Waals surface area contributed by atoms with Crippen molar-refractivity contribution in [2.75, 3.05) is 0 Å². The van der Waals surface area contributed by atoms with Crippen LogP contribution in [-0.4, -0.2) is 10.2 Å². The number of nitrogens with two attached hydrogens (primary N) is 1. The van der Waals surface area contributed by atoms with Gasteiger partial charge in [-0.1, -0.05) is 0 Å². The van der Waals surface area contributed by atoms with E-state index in [1.54, 1.807) is 12.1 Å². The largest absolute Gasteiger partial charge is 0.508 e. The summed E-state index contributed by atoms with van der Waals surface area (Å²) in [7, 11) is 0. The van der Waals surface area contributed by atoms with Gasteiger partial charge in [0.25, 0.3) is 0 Å². The molecule has 4 N–H and O–H groups in total. The van der Waals surface area contributed by atoms with E-state index in [-0.39, 0.29) is 18.4 Å². The van der Waals surface area contributed by atoms with E-state index >= 15 is 0 Å². The van der Waals surface area contributed by atoms with Crippen molar-refractivity contribution in [2.45, 2.75) is 31.9 Å². The second-order valence-corrected chi connectivity index (χ2v) is 3.83. The van der Waals surface area contributed by atoms with E-state index in [4.69, 9.17) is 10.8 Å². The van der Waals surface area contributed by atoms with Crippen molar-refractivity contribution in [2.24, 2.45) is 5.73 Å². The van der Waals surface area contributed by atoms with E-state index in [1.807, 2.05) is 0 Å². The fourth-order valence-electron chi connectivity index (χ4n) is 2.17. The van der Waals surface area contributed by atoms with Gasteiger partial charge in [-0.2, -0.15) is 0 Å². The Morgan fingerprint density at radius 1 is 1.43 bits per heavy atom. The Morgan fingerprint density at radius 2 is 2.21 bits per heavy atom. The lowest BCUT2D eigenvalue weighted by Crippen LogP contribution is -2.18. The first-order chi connectivity index (χ1) is 6.72. The maximum absolute atomic E-state index is 9.45. The molecule has 0 aromatic heterocycles. The fraction of sp³-hybridized carbons (Fsp3) is 0.455. The van der Waals surface area contributed by atoms with Crippen LogP contribution in [0.3, 0.4) is 0 Å². The van der Waals surface area contributed by atoms with E-state index in [0.717, 1.165) is 36.0 Å². The van der Waals surface area contributed by atoms with Crippen LogP contribution in [-0.2, 0) is 13.0 Å². The molecule has 0 radical (unpaired) electrons. The van der Waals surface area contributed by atoms with Gasteiger partial charge in [-0.25, -0.2) is 0 Å². The van der Waals surface area contributed by atoms with Crippen LogP contribution in [0.5, 0.6) is 5.75 Å². The van der Waals surface area contributed by atoms with Gasteiger partial charge in [-0.3, -0.25) is 0 Å². The van der Waals surface area contributed by atoms with Gasteiger partial charge in [0.05, 0.1) is 6.61 Å². The molecular formula is C11H15NO2. The molecule has 0 amide bonds. The van der Waals surface area contributed by atoms with Gasteiger partial charge in [-0.05, 0) is 48.1 Å². The summed E-state index contributed by atoms with van der Waals surface area (Å²) >= 11 is 0. The number of aliphatic hydroxyl groups excluding tert-OH is 1. The number of fused-ring (bicyclic) bond motifs is 1. The molecule has 0 saturated carbocycles. The highest BCUT2D eigenvalue weighted by Gasteiger charge is 2.19. The highest BCUT2D eigenvalue weighted by molar-refractivity contribution is 5.44. The number of benzene rings is 1. The zero-order chi connectivity index (χ0) is 10.1. The van der Waals surface area contributed by atoms with Crippen LogP contribution < -0.4 is 5.73 Å². The molecule has 1 unspecified atom stereocenters. The normalized spacial score (nSPS) is 20.6. The number of aromatic hydroxyl groups is 1. The van der Waals surface area contributed by atoms with Crippen LogP contribution in [0.1, 0.15) is 35.6 Å². The van der Waals surface area contributed by atoms with Gasteiger partial charge in [0.2, 0.25) is 0 Å². The van der Waals surface area contributed by atoms with Crippen LogP contribution in [0, 0.1) is 0 Å². The second kappa shape index (κ2) is 3.59. The third-order valence-electron chi connectivity index (χ3n) is 2.87. The number of rotatable bonds is 1. The van der Waals surface area contributed by atoms with Gasteiger partial charge in [0.15, 0.2) is 0 Å². The summed E-state index contributed by atoms with van der Waals surface area (Å²) in [6, 6.07) is 3.35. The van der Waals surface area contributed by atoms with E-state index in [0.29, 0.717) is 0 Å². The zero-order valence-electron chi connectivity index (χ0n) is 8.03. The van der Waals surface area contributed by atoms with Gasteiger partial charge in [-0.15, -0.1) is 0 Å². The van der Waals surface area contributed by atoms with E-state index < -0.39 is 0 Å². The molecule has 0 spiro atoms. The Hall–Kier alpha value is -1.06. The van der Waals surface area contributed by atoms with Crippen molar-refractivity contribution >= 4 is 0 Å². The van der Waals surface area contributed by atoms with E-state index in [2.05, 4.69) is 0 Å². The molecule has 0 fully saturated rings. The summed E-state index contributed by atoms with van der Waals surface area (Å²) in [6.45, 7) is -0.0244. The Kier molecular flexibility index (Phi) is 2.44. The van der Waals surface area contributed by atoms with Crippen molar-refractivity contribution in [3.8, 4) is 5.75 Å². The molecule has 3 heteroatoms. The molecular weight excluding hydrogens is 178 g/mol. The monoisotopic (exact) mass is 193 g/mol. The summed E-state index contributed by atoms with van der Waals surface area (Å²) in [5.41, 5.74) is 8.89. The highest BCUT2D eigenvalue weighted by atomic mass is 16.3. The van der Waals surface area contributed by atoms with E-state index in [9.17, 15) is 5.11 Å². The highest BCUT2D eigenvalue weighted by Crippen LogP contribution is 2.33. The quantitative estimate of drug-likeness (QED) is 0.628. The van der Waals surface area contributed by atoms with Gasteiger partial charge < -0.3 is 15.9 Å². The van der Waals surface area contributed by atoms with Gasteiger partial charge >= 0.3 is 0 Å². The third-order valence-corrected chi connectivity index (χ3v) is 2.87. The molecule has 76 valence electrons. The molecule has 1 aliphatic rings. The molecule has 0 heterocycles. The first kappa shape index (κ1) is 9.49. The number of phenolic OH excluding ortho intramolecular Hbond substituents is 1. The zero-order valence-corrected chi connectivity index (χ0v) is 8.03. The summed E-state index contributed by atoms with van der Waals surface area (Å²) in [5.74, 6) is 0.199. The predicted octanol–water partition coefficient (Wildman–Crippen LogP) is 1.22. The maximum Gasteiger partial charge on any atom is 0.116 e. The van der Waals surface area contributed by atoms with Gasteiger partial charge in [0.1, 0.15) is 5.75 Å². The van der Waals surface area contributed by atoms with Crippen molar-refractivity contribution in [3.05, 3.63) is 28.8 Å². The minimum absolute atomic E-state index is 0.0103. The number of aliphatic hydroxyl groups is 1. The number of hydrogen-bond donors (Lipinski definition) is 3. The topological polar surface area (TPSA) is 66.5 Å². The van der Waals surface area contributed by atoms with Crippen LogP contribution in [0.25, 0.3) is 0 Å². The Morgan fingerprint density at radius 3 is 2.93 bits per heavy atom. The number of phenols is 1. The molecule has 2 rings (SSSR count). The van der Waals surface area contributed by atoms with E-state index in [1.165, 1.54) is 0 Å². The molecule has 14 heavy (non-hydrogen) atoms. The lowest BCUT2D eigenvalue weighted by molar-refractivity contribution is 0.279. The summed E-state index contributed by atoms with van der Waals surface area (Å²) in [5, 5.41) is 18.6. The maximum atomic E-state index is 9.45. The molecule has 3 nitrogen and oxygen atoms in total. The molecule has 1 aromatic carbocycles. The van der Waals surface area contributed by atoms with Crippen LogP contribution >= 0.6 is 0 Å². The Bertz CT molecular complexity index is 349. The number of hydrogen-bond acceptors (Lipinski definition) is 3. The molecule has 0 saturated heterocycles. The summed E-state index contributed by atoms with van der Waals surface area (Å²) < 4.78 is 0. The average Bonchev–Trinajstić information content (AvgIpc) is 2.18. The second-order valence-electron chi connectivity index (χ2n) is 3.83. The minimum Gasteiger partial charge on any atom is -0.508 e. The third kappa shape index (κ3) is 1.49. The van der Waals surface area contributed by atoms with Crippen molar-refractivity contribution < 1.29 is 10.2 Å². The van der Waals surface area contributed by atoms with Gasteiger partial charge in [0, 0.05) is 6.04 Å². The molecule has 1 aromatic rings. The standard InChI is InChI=1S/C11H15NO2/c12-11-3-1-2-9-7(6-13)4-8(14)5-10(9)11/h4-5,11,13-14H,1-3,6,12H2. The molecule has 1 aliphatic carbocycles. The Labute approximate surface area is 83.2 Å². The lowest BCUT2D eigenvalue weighted by atomic mass is 9.85. The first-order valence-electron chi connectivity index (χ1n) is 4.93. The summed E-state index contributed by atoms with van der Waals surface area (Å²) in [6.07, 6.45) is 2.98. The minimum atomic E-state index is -0.0244. The fourth-order valence-corrected chi connectivity index (χ4v) is 2.17. The molecule has 0 aliphatic heterocycles.